The van der Waals surface area contributed by atoms with Gasteiger partial charge in [0.25, 0.3) is 0 Å². The monoisotopic (exact) mass is 327 g/mol. The van der Waals surface area contributed by atoms with Gasteiger partial charge in [-0.25, -0.2) is 14.2 Å². The Kier molecular flexibility index (Phi) is 4.29. The highest BCUT2D eigenvalue weighted by Crippen LogP contribution is 2.29. The van der Waals surface area contributed by atoms with E-state index in [0.717, 1.165) is 0 Å². The van der Waals surface area contributed by atoms with Crippen molar-refractivity contribution in [2.45, 2.75) is 0 Å². The number of benzene rings is 2. The van der Waals surface area contributed by atoms with Crippen molar-refractivity contribution in [2.24, 2.45) is 4.99 Å². The van der Waals surface area contributed by atoms with Gasteiger partial charge in [0, 0.05) is 11.1 Å². The summed E-state index contributed by atoms with van der Waals surface area (Å²) in [4.78, 5) is 16.1. The second kappa shape index (κ2) is 6.54. The molecule has 5 nitrogen and oxygen atoms in total. The fourth-order valence-corrected chi connectivity index (χ4v) is 2.24. The second-order valence-corrected chi connectivity index (χ2v) is 4.93. The van der Waals surface area contributed by atoms with Crippen molar-refractivity contribution in [1.82, 2.24) is 0 Å². The lowest BCUT2D eigenvalue weighted by Crippen LogP contribution is -2.06. The number of cyclic esters (lactones) is 1. The number of hydrogen-bond donors (Lipinski definition) is 0. The molecule has 6 heteroatoms. The SMILES string of the molecule is COc1ccc(C2=N/C(=C\c3ccccc3F)C(=O)O2)cc1OC. The molecule has 0 fully saturated rings. The van der Waals surface area contributed by atoms with Crippen LogP contribution in [0.3, 0.4) is 0 Å². The molecule has 1 heterocycles. The van der Waals surface area contributed by atoms with Crippen LogP contribution >= 0.6 is 0 Å². The summed E-state index contributed by atoms with van der Waals surface area (Å²) >= 11 is 0. The number of halogens is 1. The third-order valence-corrected chi connectivity index (χ3v) is 3.45. The normalized spacial score (nSPS) is 15.2. The van der Waals surface area contributed by atoms with Crippen molar-refractivity contribution >= 4 is 17.9 Å². The Labute approximate surface area is 138 Å². The van der Waals surface area contributed by atoms with Gasteiger partial charge in [0.1, 0.15) is 5.82 Å². The zero-order valence-corrected chi connectivity index (χ0v) is 13.1. The first-order valence-electron chi connectivity index (χ1n) is 7.12. The molecule has 0 saturated heterocycles. The maximum absolute atomic E-state index is 13.7. The zero-order valence-electron chi connectivity index (χ0n) is 13.1. The van der Waals surface area contributed by atoms with E-state index in [0.29, 0.717) is 17.1 Å². The molecule has 1 aliphatic heterocycles. The zero-order chi connectivity index (χ0) is 17.1. The van der Waals surface area contributed by atoms with Crippen LogP contribution in [0.5, 0.6) is 11.5 Å². The highest BCUT2D eigenvalue weighted by atomic mass is 19.1. The van der Waals surface area contributed by atoms with Crippen LogP contribution in [0.2, 0.25) is 0 Å². The Bertz CT molecular complexity index is 858. The van der Waals surface area contributed by atoms with Crippen LogP contribution < -0.4 is 9.47 Å². The first kappa shape index (κ1) is 15.7. The summed E-state index contributed by atoms with van der Waals surface area (Å²) in [6.07, 6.45) is 1.35. The van der Waals surface area contributed by atoms with E-state index in [9.17, 15) is 9.18 Å². The van der Waals surface area contributed by atoms with E-state index in [1.54, 1.807) is 36.4 Å². The predicted molar refractivity (Wildman–Crippen MR) is 86.6 cm³/mol. The van der Waals surface area contributed by atoms with E-state index in [1.807, 2.05) is 0 Å². The number of rotatable bonds is 4. The lowest BCUT2D eigenvalue weighted by atomic mass is 10.2. The maximum atomic E-state index is 13.7. The minimum Gasteiger partial charge on any atom is -0.493 e. The summed E-state index contributed by atoms with van der Waals surface area (Å²) in [5, 5.41) is 0. The van der Waals surface area contributed by atoms with E-state index < -0.39 is 11.8 Å². The molecule has 0 atom stereocenters. The smallest absolute Gasteiger partial charge is 0.363 e. The highest BCUT2D eigenvalue weighted by Gasteiger charge is 2.25. The second-order valence-electron chi connectivity index (χ2n) is 4.93. The molecule has 1 aliphatic rings. The lowest BCUT2D eigenvalue weighted by Gasteiger charge is -2.08. The molecule has 0 bridgehead atoms. The average Bonchev–Trinajstić information content (AvgIpc) is 2.97. The van der Waals surface area contributed by atoms with Crippen molar-refractivity contribution in [3.63, 3.8) is 0 Å². The van der Waals surface area contributed by atoms with Gasteiger partial charge in [0.2, 0.25) is 5.90 Å². The summed E-state index contributed by atoms with van der Waals surface area (Å²) < 4.78 is 29.2. The Morgan fingerprint density at radius 3 is 2.54 bits per heavy atom. The van der Waals surface area contributed by atoms with Gasteiger partial charge in [-0.2, -0.15) is 0 Å². The molecule has 0 aromatic heterocycles. The molecular formula is C18H14FNO4. The number of hydrogen-bond acceptors (Lipinski definition) is 5. The molecule has 2 aromatic carbocycles. The molecule has 3 rings (SSSR count). The van der Waals surface area contributed by atoms with Crippen LogP contribution in [0.25, 0.3) is 6.08 Å². The van der Waals surface area contributed by atoms with E-state index in [1.165, 1.54) is 26.4 Å². The van der Waals surface area contributed by atoms with Crippen molar-refractivity contribution in [1.29, 1.82) is 0 Å². The summed E-state index contributed by atoms with van der Waals surface area (Å²) in [5.41, 5.74) is 0.851. The molecular weight excluding hydrogens is 313 g/mol. The molecule has 0 N–H and O–H groups in total. The largest absolute Gasteiger partial charge is 0.493 e. The summed E-state index contributed by atoms with van der Waals surface area (Å²) in [6, 6.07) is 11.1. The van der Waals surface area contributed by atoms with Crippen molar-refractivity contribution in [3.8, 4) is 11.5 Å². The molecule has 0 amide bonds. The van der Waals surface area contributed by atoms with Crippen LogP contribution in [0.4, 0.5) is 4.39 Å². The molecule has 0 unspecified atom stereocenters. The number of esters is 1. The minimum absolute atomic E-state index is 0.0323. The van der Waals surface area contributed by atoms with Crippen LogP contribution in [0.1, 0.15) is 11.1 Å². The van der Waals surface area contributed by atoms with Gasteiger partial charge >= 0.3 is 5.97 Å². The van der Waals surface area contributed by atoms with Gasteiger partial charge in [-0.05, 0) is 30.3 Å². The molecule has 2 aromatic rings. The van der Waals surface area contributed by atoms with Crippen LogP contribution in [-0.4, -0.2) is 26.1 Å². The Balaban J connectivity index is 1.96. The van der Waals surface area contributed by atoms with E-state index in [4.69, 9.17) is 14.2 Å². The number of carbonyl (C=O) groups excluding carboxylic acids is 1. The van der Waals surface area contributed by atoms with Gasteiger partial charge in [0.15, 0.2) is 17.2 Å². The van der Waals surface area contributed by atoms with Gasteiger partial charge in [-0.3, -0.25) is 0 Å². The summed E-state index contributed by atoms with van der Waals surface area (Å²) in [6.45, 7) is 0. The quantitative estimate of drug-likeness (QED) is 0.639. The van der Waals surface area contributed by atoms with Gasteiger partial charge in [-0.15, -0.1) is 0 Å². The summed E-state index contributed by atoms with van der Waals surface area (Å²) in [7, 11) is 3.04. The molecule has 0 radical (unpaired) electrons. The molecule has 24 heavy (non-hydrogen) atoms. The van der Waals surface area contributed by atoms with Gasteiger partial charge in [-0.1, -0.05) is 18.2 Å². The average molecular weight is 327 g/mol. The first-order valence-corrected chi connectivity index (χ1v) is 7.12. The molecule has 122 valence electrons. The topological polar surface area (TPSA) is 57.1 Å². The third-order valence-electron chi connectivity index (χ3n) is 3.45. The van der Waals surface area contributed by atoms with E-state index in [-0.39, 0.29) is 17.2 Å². The van der Waals surface area contributed by atoms with Crippen molar-refractivity contribution in [3.05, 3.63) is 65.1 Å². The number of methoxy groups -OCH3 is 2. The van der Waals surface area contributed by atoms with Crippen LogP contribution in [0, 0.1) is 5.82 Å². The molecule has 0 aliphatic carbocycles. The minimum atomic E-state index is -0.636. The number of aliphatic imine (C=N–C) groups is 1. The predicted octanol–water partition coefficient (Wildman–Crippen LogP) is 3.19. The Morgan fingerprint density at radius 1 is 1.08 bits per heavy atom. The lowest BCUT2D eigenvalue weighted by molar-refractivity contribution is -0.129. The third kappa shape index (κ3) is 2.99. The Morgan fingerprint density at radius 2 is 1.83 bits per heavy atom. The van der Waals surface area contributed by atoms with E-state index in [2.05, 4.69) is 4.99 Å². The Hall–Kier alpha value is -3.15. The van der Waals surface area contributed by atoms with Crippen molar-refractivity contribution in [2.75, 3.05) is 14.2 Å². The van der Waals surface area contributed by atoms with Gasteiger partial charge < -0.3 is 14.2 Å². The highest BCUT2D eigenvalue weighted by molar-refractivity contribution is 6.13. The fourth-order valence-electron chi connectivity index (χ4n) is 2.24. The number of carbonyl (C=O) groups is 1. The van der Waals surface area contributed by atoms with Crippen LogP contribution in [0.15, 0.2) is 53.2 Å². The first-order chi connectivity index (χ1) is 11.6. The number of ether oxygens (including phenoxy) is 3. The van der Waals surface area contributed by atoms with Gasteiger partial charge in [0.05, 0.1) is 14.2 Å². The van der Waals surface area contributed by atoms with Crippen molar-refractivity contribution < 1.29 is 23.4 Å². The molecule has 0 saturated carbocycles. The van der Waals surface area contributed by atoms with E-state index >= 15 is 0 Å². The number of nitrogens with zero attached hydrogens (tertiary/aromatic N) is 1. The molecule has 0 spiro atoms. The fraction of sp³-hybridized carbons (Fsp3) is 0.111. The summed E-state index contributed by atoms with van der Waals surface area (Å²) in [5.74, 6) is 0.0905. The van der Waals surface area contributed by atoms with Crippen LogP contribution in [-0.2, 0) is 9.53 Å². The standard InChI is InChI=1S/C18H14FNO4/c1-22-15-8-7-12(10-16(15)23-2)17-20-14(18(21)24-17)9-11-5-3-4-6-13(11)19/h3-10H,1-2H3/b14-9-. The maximum Gasteiger partial charge on any atom is 0.363 e.